The summed E-state index contributed by atoms with van der Waals surface area (Å²) in [5, 5.41) is 0. The van der Waals surface area contributed by atoms with Crippen LogP contribution in [0.2, 0.25) is 0 Å². The second-order valence-electron chi connectivity index (χ2n) is 7.89. The highest BCUT2D eigenvalue weighted by Gasteiger charge is 2.41. The monoisotopic (exact) mass is 362 g/mol. The number of carbonyl (C=O) groups is 1. The highest BCUT2D eigenvalue weighted by Crippen LogP contribution is 2.38. The molecule has 1 aromatic rings. The van der Waals surface area contributed by atoms with Crippen molar-refractivity contribution >= 4 is 21.4 Å². The average Bonchev–Trinajstić information content (AvgIpc) is 3.29. The minimum atomic E-state index is -3.17. The number of carbonyl (C=O) groups excluding carboxylic acids is 1. The number of anilines is 1. The first kappa shape index (κ1) is 16.9. The van der Waals surface area contributed by atoms with Crippen LogP contribution in [0.25, 0.3) is 0 Å². The van der Waals surface area contributed by atoms with Crippen molar-refractivity contribution in [1.29, 1.82) is 0 Å². The van der Waals surface area contributed by atoms with Gasteiger partial charge in [0.15, 0.2) is 9.84 Å². The Labute approximate surface area is 149 Å². The quantitative estimate of drug-likeness (QED) is 0.827. The lowest BCUT2D eigenvalue weighted by Crippen LogP contribution is -2.36. The summed E-state index contributed by atoms with van der Waals surface area (Å²) in [7, 11) is -3.17. The van der Waals surface area contributed by atoms with Crippen LogP contribution in [0.15, 0.2) is 29.2 Å². The van der Waals surface area contributed by atoms with Gasteiger partial charge in [-0.2, -0.15) is 0 Å². The second-order valence-corrected chi connectivity index (χ2v) is 9.91. The molecule has 5 nitrogen and oxygen atoms in total. The lowest BCUT2D eigenvalue weighted by atomic mass is 10.0. The number of amides is 1. The zero-order chi connectivity index (χ0) is 17.6. The predicted octanol–water partition coefficient (Wildman–Crippen LogP) is 2.17. The van der Waals surface area contributed by atoms with E-state index in [0.29, 0.717) is 10.8 Å². The summed E-state index contributed by atoms with van der Waals surface area (Å²) in [6.07, 6.45) is 6.02. The molecule has 0 radical (unpaired) electrons. The number of hydrogen-bond donors (Lipinski definition) is 0. The number of benzene rings is 1. The van der Waals surface area contributed by atoms with Crippen molar-refractivity contribution in [3.63, 3.8) is 0 Å². The Morgan fingerprint density at radius 1 is 1.00 bits per heavy atom. The molecule has 25 heavy (non-hydrogen) atoms. The summed E-state index contributed by atoms with van der Waals surface area (Å²) in [5.41, 5.74) is 1.00. The Morgan fingerprint density at radius 3 is 2.24 bits per heavy atom. The molecule has 0 bridgehead atoms. The van der Waals surface area contributed by atoms with Gasteiger partial charge < -0.3 is 9.80 Å². The molecule has 2 aliphatic heterocycles. The Balaban J connectivity index is 1.39. The molecule has 0 aromatic heterocycles. The Bertz CT molecular complexity index is 747. The SMILES string of the molecule is CS(=O)(=O)c1ccc(N2CCC(C(=O)N3CC4CCCC4C3)C2)cc1. The van der Waals surface area contributed by atoms with E-state index < -0.39 is 9.84 Å². The number of fused-ring (bicyclic) bond motifs is 1. The van der Waals surface area contributed by atoms with Gasteiger partial charge in [-0.15, -0.1) is 0 Å². The molecule has 1 amide bonds. The van der Waals surface area contributed by atoms with Crippen molar-refractivity contribution in [3.8, 4) is 0 Å². The third-order valence-corrected chi connectivity index (χ3v) is 7.33. The minimum absolute atomic E-state index is 0.0772. The van der Waals surface area contributed by atoms with Gasteiger partial charge in [-0.05, 0) is 55.4 Å². The molecule has 4 rings (SSSR count). The van der Waals surface area contributed by atoms with Gasteiger partial charge in [0.1, 0.15) is 0 Å². The van der Waals surface area contributed by atoms with E-state index in [9.17, 15) is 13.2 Å². The van der Waals surface area contributed by atoms with Crippen molar-refractivity contribution in [2.24, 2.45) is 17.8 Å². The first-order valence-electron chi connectivity index (χ1n) is 9.25. The van der Waals surface area contributed by atoms with Crippen LogP contribution in [0.5, 0.6) is 0 Å². The van der Waals surface area contributed by atoms with Crippen LogP contribution in [0.4, 0.5) is 5.69 Å². The third kappa shape index (κ3) is 3.28. The summed E-state index contributed by atoms with van der Waals surface area (Å²) in [6.45, 7) is 3.52. The van der Waals surface area contributed by atoms with Gasteiger partial charge in [0.25, 0.3) is 0 Å². The van der Waals surface area contributed by atoms with Gasteiger partial charge in [-0.25, -0.2) is 8.42 Å². The number of sulfone groups is 1. The normalized spacial score (nSPS) is 29.2. The molecule has 3 aliphatic rings. The molecule has 3 unspecified atom stereocenters. The predicted molar refractivity (Wildman–Crippen MR) is 97.3 cm³/mol. The molecule has 1 aliphatic carbocycles. The van der Waals surface area contributed by atoms with E-state index in [1.165, 1.54) is 25.5 Å². The van der Waals surface area contributed by atoms with E-state index in [0.717, 1.165) is 50.1 Å². The molecule has 136 valence electrons. The number of nitrogens with zero attached hydrogens (tertiary/aromatic N) is 2. The topological polar surface area (TPSA) is 57.7 Å². The molecular formula is C19H26N2O3S. The van der Waals surface area contributed by atoms with Crippen molar-refractivity contribution in [2.45, 2.75) is 30.6 Å². The standard InChI is InChI=1S/C19H26N2O3S/c1-25(23,24)18-7-5-17(6-8-18)20-10-9-16(13-20)19(22)21-11-14-3-2-4-15(14)12-21/h5-8,14-16H,2-4,9-13H2,1H3. The second kappa shape index (κ2) is 6.31. The number of rotatable bonds is 3. The van der Waals surface area contributed by atoms with Crippen molar-refractivity contribution in [1.82, 2.24) is 4.90 Å². The Hall–Kier alpha value is -1.56. The highest BCUT2D eigenvalue weighted by molar-refractivity contribution is 7.90. The molecule has 1 saturated carbocycles. The van der Waals surface area contributed by atoms with E-state index in [-0.39, 0.29) is 5.92 Å². The molecule has 0 N–H and O–H groups in total. The smallest absolute Gasteiger partial charge is 0.227 e. The molecule has 3 atom stereocenters. The van der Waals surface area contributed by atoms with Crippen LogP contribution in [-0.4, -0.2) is 51.7 Å². The summed E-state index contributed by atoms with van der Waals surface area (Å²) in [6, 6.07) is 7.01. The molecule has 3 fully saturated rings. The van der Waals surface area contributed by atoms with Gasteiger partial charge >= 0.3 is 0 Å². The first-order valence-corrected chi connectivity index (χ1v) is 11.1. The number of likely N-dealkylation sites (tertiary alicyclic amines) is 1. The number of hydrogen-bond acceptors (Lipinski definition) is 4. The Morgan fingerprint density at radius 2 is 1.64 bits per heavy atom. The van der Waals surface area contributed by atoms with Crippen LogP contribution >= 0.6 is 0 Å². The summed E-state index contributed by atoms with van der Waals surface area (Å²) in [5.74, 6) is 1.88. The molecular weight excluding hydrogens is 336 g/mol. The maximum atomic E-state index is 12.9. The fraction of sp³-hybridized carbons (Fsp3) is 0.632. The lowest BCUT2D eigenvalue weighted by Gasteiger charge is -2.22. The molecule has 6 heteroatoms. The average molecular weight is 362 g/mol. The van der Waals surface area contributed by atoms with Crippen molar-refractivity contribution < 1.29 is 13.2 Å². The van der Waals surface area contributed by atoms with Crippen LogP contribution < -0.4 is 4.90 Å². The van der Waals surface area contributed by atoms with Crippen molar-refractivity contribution in [3.05, 3.63) is 24.3 Å². The van der Waals surface area contributed by atoms with Crippen molar-refractivity contribution in [2.75, 3.05) is 37.3 Å². The highest BCUT2D eigenvalue weighted by atomic mass is 32.2. The molecule has 2 saturated heterocycles. The van der Waals surface area contributed by atoms with Gasteiger partial charge in [0, 0.05) is 38.1 Å². The largest absolute Gasteiger partial charge is 0.371 e. The van der Waals surface area contributed by atoms with E-state index in [4.69, 9.17) is 0 Å². The van der Waals surface area contributed by atoms with Gasteiger partial charge in [0.2, 0.25) is 5.91 Å². The minimum Gasteiger partial charge on any atom is -0.371 e. The zero-order valence-electron chi connectivity index (χ0n) is 14.7. The Kier molecular flexibility index (Phi) is 4.26. The maximum Gasteiger partial charge on any atom is 0.227 e. The van der Waals surface area contributed by atoms with Crippen LogP contribution in [0.1, 0.15) is 25.7 Å². The lowest BCUT2D eigenvalue weighted by molar-refractivity contribution is -0.134. The molecule has 0 spiro atoms. The van der Waals surface area contributed by atoms with E-state index >= 15 is 0 Å². The van der Waals surface area contributed by atoms with E-state index in [1.807, 2.05) is 12.1 Å². The fourth-order valence-electron chi connectivity index (χ4n) is 4.77. The summed E-state index contributed by atoms with van der Waals surface area (Å²) >= 11 is 0. The van der Waals surface area contributed by atoms with Crippen LogP contribution in [-0.2, 0) is 14.6 Å². The zero-order valence-corrected chi connectivity index (χ0v) is 15.5. The summed E-state index contributed by atoms with van der Waals surface area (Å²) in [4.78, 5) is 17.5. The van der Waals surface area contributed by atoms with Gasteiger partial charge in [0.05, 0.1) is 10.8 Å². The van der Waals surface area contributed by atoms with Gasteiger partial charge in [-0.1, -0.05) is 6.42 Å². The fourth-order valence-corrected chi connectivity index (χ4v) is 5.40. The summed E-state index contributed by atoms with van der Waals surface area (Å²) < 4.78 is 23.1. The van der Waals surface area contributed by atoms with E-state index in [2.05, 4.69) is 9.80 Å². The first-order chi connectivity index (χ1) is 11.9. The molecule has 1 aromatic carbocycles. The van der Waals surface area contributed by atoms with Gasteiger partial charge in [-0.3, -0.25) is 4.79 Å². The maximum absolute atomic E-state index is 12.9. The molecule has 2 heterocycles. The van der Waals surface area contributed by atoms with Crippen LogP contribution in [0.3, 0.4) is 0 Å². The van der Waals surface area contributed by atoms with Crippen LogP contribution in [0, 0.1) is 17.8 Å². The van der Waals surface area contributed by atoms with E-state index in [1.54, 1.807) is 12.1 Å². The third-order valence-electron chi connectivity index (χ3n) is 6.21.